The Labute approximate surface area is 141 Å². The summed E-state index contributed by atoms with van der Waals surface area (Å²) < 4.78 is 30.2. The number of alkyl halides is 2. The molecule has 1 aromatic heterocycles. The molecule has 1 aromatic carbocycles. The number of halogens is 2. The summed E-state index contributed by atoms with van der Waals surface area (Å²) in [4.78, 5) is 14.2. The number of aromatic nitrogens is 2. The summed E-state index contributed by atoms with van der Waals surface area (Å²) >= 11 is 1.34. The van der Waals surface area contributed by atoms with Gasteiger partial charge < -0.3 is 14.7 Å². The zero-order chi connectivity index (χ0) is 17.1. The van der Waals surface area contributed by atoms with Crippen molar-refractivity contribution in [3.8, 4) is 5.75 Å². The van der Waals surface area contributed by atoms with Crippen molar-refractivity contribution in [2.45, 2.75) is 31.0 Å². The Morgan fingerprint density at radius 1 is 1.33 bits per heavy atom. The lowest BCUT2D eigenvalue weighted by molar-refractivity contribution is -0.132. The van der Waals surface area contributed by atoms with E-state index >= 15 is 0 Å². The van der Waals surface area contributed by atoms with Crippen molar-refractivity contribution in [3.63, 3.8) is 0 Å². The minimum absolute atomic E-state index is 0.0932. The second-order valence-electron chi connectivity index (χ2n) is 5.17. The van der Waals surface area contributed by atoms with Gasteiger partial charge in [0, 0.05) is 41.6 Å². The molecule has 2 aromatic rings. The van der Waals surface area contributed by atoms with E-state index in [2.05, 4.69) is 9.84 Å². The number of carbonyl (C=O) groups excluding carboxylic acids is 1. The van der Waals surface area contributed by atoms with E-state index in [-0.39, 0.29) is 24.7 Å². The summed E-state index contributed by atoms with van der Waals surface area (Å²) in [6.45, 7) is -2.08. The Morgan fingerprint density at radius 3 is 2.71 bits per heavy atom. The van der Waals surface area contributed by atoms with Gasteiger partial charge in [-0.2, -0.15) is 13.9 Å². The largest absolute Gasteiger partial charge is 0.435 e. The maximum Gasteiger partial charge on any atom is 0.387 e. The van der Waals surface area contributed by atoms with Gasteiger partial charge in [0.2, 0.25) is 5.91 Å². The number of carbonyl (C=O) groups is 1. The molecule has 0 spiro atoms. The summed E-state index contributed by atoms with van der Waals surface area (Å²) in [7, 11) is 0. The maximum absolute atomic E-state index is 12.1. The standard InChI is InChI=1S/C15H15F2N3O3S/c16-15(17)23-11-1-3-12(4-2-11)24-20-8-10-7-19(9-13(10)18-20)14(22)5-6-21/h1-4,8,15,21H,5-7,9H2. The lowest BCUT2D eigenvalue weighted by Crippen LogP contribution is -2.26. The van der Waals surface area contributed by atoms with Crippen molar-refractivity contribution in [1.29, 1.82) is 0 Å². The number of hydrogen-bond acceptors (Lipinski definition) is 5. The molecule has 1 N–H and O–H groups in total. The first-order valence-electron chi connectivity index (χ1n) is 7.24. The lowest BCUT2D eigenvalue weighted by atomic mass is 10.3. The van der Waals surface area contributed by atoms with Crippen LogP contribution in [0, 0.1) is 0 Å². The van der Waals surface area contributed by atoms with Gasteiger partial charge >= 0.3 is 6.61 Å². The Bertz CT molecular complexity index is 698. The highest BCUT2D eigenvalue weighted by atomic mass is 32.2. The normalized spacial score (nSPS) is 13.4. The highest BCUT2D eigenvalue weighted by Crippen LogP contribution is 2.27. The van der Waals surface area contributed by atoms with Crippen molar-refractivity contribution in [2.24, 2.45) is 0 Å². The number of hydrogen-bond donors (Lipinski definition) is 1. The van der Waals surface area contributed by atoms with E-state index in [0.29, 0.717) is 13.1 Å². The monoisotopic (exact) mass is 355 g/mol. The van der Waals surface area contributed by atoms with E-state index in [4.69, 9.17) is 5.11 Å². The van der Waals surface area contributed by atoms with Crippen LogP contribution in [-0.4, -0.2) is 38.3 Å². The van der Waals surface area contributed by atoms with Gasteiger partial charge in [-0.1, -0.05) is 0 Å². The molecule has 1 aliphatic heterocycles. The fraction of sp³-hybridized carbons (Fsp3) is 0.333. The second kappa shape index (κ2) is 7.18. The molecule has 1 amide bonds. The molecule has 0 atom stereocenters. The van der Waals surface area contributed by atoms with Gasteiger partial charge in [-0.15, -0.1) is 0 Å². The summed E-state index contributed by atoms with van der Waals surface area (Å²) in [5.74, 6) is 0.0136. The van der Waals surface area contributed by atoms with Crippen LogP contribution in [0.25, 0.3) is 0 Å². The molecule has 9 heteroatoms. The van der Waals surface area contributed by atoms with Crippen LogP contribution in [0.1, 0.15) is 17.7 Å². The van der Waals surface area contributed by atoms with E-state index in [9.17, 15) is 13.6 Å². The van der Waals surface area contributed by atoms with Crippen LogP contribution in [0.3, 0.4) is 0 Å². The third-order valence-corrected chi connectivity index (χ3v) is 4.34. The molecular formula is C15H15F2N3O3S. The van der Waals surface area contributed by atoms with Crippen LogP contribution >= 0.6 is 11.9 Å². The van der Waals surface area contributed by atoms with Crippen LogP contribution in [0.2, 0.25) is 0 Å². The van der Waals surface area contributed by atoms with Crippen molar-refractivity contribution < 1.29 is 23.4 Å². The van der Waals surface area contributed by atoms with Crippen molar-refractivity contribution in [3.05, 3.63) is 41.7 Å². The number of aliphatic hydroxyl groups is 1. The third kappa shape index (κ3) is 3.85. The molecule has 1 aliphatic rings. The van der Waals surface area contributed by atoms with E-state index in [0.717, 1.165) is 16.2 Å². The topological polar surface area (TPSA) is 67.6 Å². The molecule has 0 saturated heterocycles. The van der Waals surface area contributed by atoms with Gasteiger partial charge in [0.25, 0.3) is 0 Å². The van der Waals surface area contributed by atoms with E-state index in [1.54, 1.807) is 21.1 Å². The van der Waals surface area contributed by atoms with Gasteiger partial charge in [0.1, 0.15) is 5.75 Å². The number of benzene rings is 1. The minimum atomic E-state index is -2.84. The smallest absolute Gasteiger partial charge is 0.387 e. The van der Waals surface area contributed by atoms with Gasteiger partial charge in [0.05, 0.1) is 18.8 Å². The number of fused-ring (bicyclic) bond motifs is 1. The Morgan fingerprint density at radius 2 is 2.08 bits per heavy atom. The Hall–Kier alpha value is -2.13. The Balaban J connectivity index is 1.61. The minimum Gasteiger partial charge on any atom is -0.435 e. The van der Waals surface area contributed by atoms with Crippen LogP contribution in [0.4, 0.5) is 8.78 Å². The predicted octanol–water partition coefficient (Wildman–Crippen LogP) is 2.26. The van der Waals surface area contributed by atoms with Gasteiger partial charge in [0.15, 0.2) is 0 Å². The first kappa shape index (κ1) is 16.7. The SMILES string of the molecule is O=C(CCO)N1Cc2cn(Sc3ccc(OC(F)F)cc3)nc2C1. The lowest BCUT2D eigenvalue weighted by Gasteiger charge is -2.14. The molecule has 0 aliphatic carbocycles. The molecule has 0 bridgehead atoms. The Kier molecular flexibility index (Phi) is 5.00. The van der Waals surface area contributed by atoms with Crippen LogP contribution in [-0.2, 0) is 17.9 Å². The molecule has 0 saturated carbocycles. The summed E-state index contributed by atoms with van der Waals surface area (Å²) in [5.41, 5.74) is 1.79. The fourth-order valence-corrected chi connectivity index (χ4v) is 3.19. The van der Waals surface area contributed by atoms with E-state index < -0.39 is 6.61 Å². The first-order chi connectivity index (χ1) is 11.5. The molecule has 3 rings (SSSR count). The first-order valence-corrected chi connectivity index (χ1v) is 8.02. The van der Waals surface area contributed by atoms with Crippen LogP contribution in [0.5, 0.6) is 5.75 Å². The highest BCUT2D eigenvalue weighted by molar-refractivity contribution is 7.97. The molecule has 0 radical (unpaired) electrons. The molecule has 0 unspecified atom stereocenters. The summed E-state index contributed by atoms with van der Waals surface area (Å²) in [6.07, 6.45) is 1.96. The molecule has 128 valence electrons. The van der Waals surface area contributed by atoms with Crippen molar-refractivity contribution >= 4 is 17.9 Å². The van der Waals surface area contributed by atoms with Crippen molar-refractivity contribution in [2.75, 3.05) is 6.61 Å². The number of amides is 1. The zero-order valence-corrected chi connectivity index (χ0v) is 13.4. The molecule has 6 nitrogen and oxygen atoms in total. The maximum atomic E-state index is 12.1. The van der Waals surface area contributed by atoms with Crippen LogP contribution in [0.15, 0.2) is 35.4 Å². The summed E-state index contributed by atoms with van der Waals surface area (Å²) in [6, 6.07) is 6.29. The van der Waals surface area contributed by atoms with Gasteiger partial charge in [-0.3, -0.25) is 4.79 Å². The predicted molar refractivity (Wildman–Crippen MR) is 82.5 cm³/mol. The molecular weight excluding hydrogens is 340 g/mol. The number of aliphatic hydroxyl groups excluding tert-OH is 1. The molecule has 0 fully saturated rings. The summed E-state index contributed by atoms with van der Waals surface area (Å²) in [5, 5.41) is 13.2. The fourth-order valence-electron chi connectivity index (χ4n) is 2.39. The van der Waals surface area contributed by atoms with E-state index in [1.807, 2.05) is 6.20 Å². The average Bonchev–Trinajstić information content (AvgIpc) is 3.07. The highest BCUT2D eigenvalue weighted by Gasteiger charge is 2.26. The number of nitrogens with zero attached hydrogens (tertiary/aromatic N) is 3. The third-order valence-electron chi connectivity index (χ3n) is 3.48. The van der Waals surface area contributed by atoms with Crippen molar-refractivity contribution in [1.82, 2.24) is 14.1 Å². The molecule has 2 heterocycles. The van der Waals surface area contributed by atoms with Gasteiger partial charge in [-0.05, 0) is 24.3 Å². The zero-order valence-electron chi connectivity index (χ0n) is 12.6. The molecule has 24 heavy (non-hydrogen) atoms. The number of ether oxygens (including phenoxy) is 1. The quantitative estimate of drug-likeness (QED) is 0.861. The number of rotatable bonds is 6. The second-order valence-corrected chi connectivity index (χ2v) is 6.20. The van der Waals surface area contributed by atoms with Crippen LogP contribution < -0.4 is 4.74 Å². The van der Waals surface area contributed by atoms with E-state index in [1.165, 1.54) is 24.1 Å². The average molecular weight is 355 g/mol. The van der Waals surface area contributed by atoms with Gasteiger partial charge in [-0.25, -0.2) is 4.09 Å².